The Morgan fingerprint density at radius 1 is 1.21 bits per heavy atom. The molecule has 8 nitrogen and oxygen atoms in total. The minimum Gasteiger partial charge on any atom is -0.391 e. The summed E-state index contributed by atoms with van der Waals surface area (Å²) in [6.45, 7) is 9.10. The molecule has 2 N–H and O–H groups in total. The number of Topliss-reactive ketones (excluding diaryl/α,β-unsaturated/α-hetero) is 1. The molecule has 1 aromatic heterocycles. The van der Waals surface area contributed by atoms with E-state index in [4.69, 9.17) is 4.52 Å². The number of ketones is 1. The summed E-state index contributed by atoms with van der Waals surface area (Å²) in [5.41, 5.74) is 2.56. The second kappa shape index (κ2) is 10.3. The number of β-amino-alcohol motifs (C(OH)–C–C–N with tert-alkyl or cyclic N) is 1. The van der Waals surface area contributed by atoms with Crippen molar-refractivity contribution in [2.75, 3.05) is 6.54 Å². The first-order valence-corrected chi connectivity index (χ1v) is 11.3. The van der Waals surface area contributed by atoms with Crippen LogP contribution in [0.1, 0.15) is 68.2 Å². The first-order chi connectivity index (χ1) is 15.6. The van der Waals surface area contributed by atoms with Gasteiger partial charge in [-0.25, -0.2) is 0 Å². The molecule has 2 aromatic rings. The van der Waals surface area contributed by atoms with Crippen LogP contribution in [0.25, 0.3) is 0 Å². The number of aliphatic hydroxyl groups excluding tert-OH is 1. The summed E-state index contributed by atoms with van der Waals surface area (Å²) in [6.07, 6.45) is -0.526. The molecule has 1 fully saturated rings. The van der Waals surface area contributed by atoms with Gasteiger partial charge in [-0.1, -0.05) is 48.8 Å². The monoisotopic (exact) mass is 455 g/mol. The molecule has 0 saturated carbocycles. The molecule has 2 heterocycles. The number of aromatic nitrogens is 1. The van der Waals surface area contributed by atoms with Crippen molar-refractivity contribution in [1.29, 1.82) is 0 Å². The molecule has 8 heteroatoms. The normalized spacial score (nSPS) is 20.0. The first kappa shape index (κ1) is 24.6. The Hall–Kier alpha value is -3.00. The van der Waals surface area contributed by atoms with Gasteiger partial charge in [0, 0.05) is 25.5 Å². The highest BCUT2D eigenvalue weighted by molar-refractivity contribution is 5.91. The summed E-state index contributed by atoms with van der Waals surface area (Å²) in [5.74, 6) is -0.983. The molecule has 0 aliphatic carbocycles. The Kier molecular flexibility index (Phi) is 7.68. The summed E-state index contributed by atoms with van der Waals surface area (Å²) in [7, 11) is 0. The lowest BCUT2D eigenvalue weighted by Crippen LogP contribution is -2.49. The highest BCUT2D eigenvalue weighted by Crippen LogP contribution is 2.31. The van der Waals surface area contributed by atoms with Crippen molar-refractivity contribution >= 4 is 17.6 Å². The van der Waals surface area contributed by atoms with E-state index in [-0.39, 0.29) is 42.9 Å². The van der Waals surface area contributed by atoms with Gasteiger partial charge >= 0.3 is 0 Å². The van der Waals surface area contributed by atoms with Gasteiger partial charge in [0.05, 0.1) is 17.8 Å². The summed E-state index contributed by atoms with van der Waals surface area (Å²) < 4.78 is 5.37. The van der Waals surface area contributed by atoms with Gasteiger partial charge < -0.3 is 19.8 Å². The Morgan fingerprint density at radius 2 is 1.88 bits per heavy atom. The molecule has 0 spiro atoms. The van der Waals surface area contributed by atoms with Gasteiger partial charge in [0.25, 0.3) is 0 Å². The van der Waals surface area contributed by atoms with Crippen LogP contribution in [0.3, 0.4) is 0 Å². The maximum atomic E-state index is 13.5. The maximum absolute atomic E-state index is 13.5. The van der Waals surface area contributed by atoms with Crippen LogP contribution in [-0.2, 0) is 14.4 Å². The number of amides is 2. The Bertz CT molecular complexity index is 998. The average molecular weight is 456 g/mol. The van der Waals surface area contributed by atoms with E-state index >= 15 is 0 Å². The lowest BCUT2D eigenvalue weighted by Gasteiger charge is -2.30. The fourth-order valence-corrected chi connectivity index (χ4v) is 4.36. The van der Waals surface area contributed by atoms with Gasteiger partial charge in [0.15, 0.2) is 0 Å². The van der Waals surface area contributed by atoms with E-state index in [0.29, 0.717) is 11.5 Å². The van der Waals surface area contributed by atoms with Crippen molar-refractivity contribution in [2.24, 2.45) is 5.92 Å². The number of nitrogens with zero attached hydrogens (tertiary/aromatic N) is 2. The third-order valence-electron chi connectivity index (χ3n) is 6.04. The van der Waals surface area contributed by atoms with Crippen molar-refractivity contribution in [2.45, 2.75) is 71.6 Å². The molecule has 178 valence electrons. The fourth-order valence-electron chi connectivity index (χ4n) is 4.36. The summed E-state index contributed by atoms with van der Waals surface area (Å²) >= 11 is 0. The van der Waals surface area contributed by atoms with Crippen LogP contribution in [0.15, 0.2) is 34.9 Å². The van der Waals surface area contributed by atoms with Crippen LogP contribution < -0.4 is 5.32 Å². The van der Waals surface area contributed by atoms with Crippen LogP contribution in [0.5, 0.6) is 0 Å². The van der Waals surface area contributed by atoms with E-state index in [1.54, 1.807) is 13.0 Å². The van der Waals surface area contributed by atoms with Gasteiger partial charge in [-0.05, 0) is 32.3 Å². The Morgan fingerprint density at radius 3 is 2.42 bits per heavy atom. The molecule has 0 radical (unpaired) electrons. The molecule has 1 saturated heterocycles. The number of hydrogen-bond donors (Lipinski definition) is 2. The van der Waals surface area contributed by atoms with Crippen molar-refractivity contribution in [3.63, 3.8) is 0 Å². The van der Waals surface area contributed by atoms with E-state index in [0.717, 1.165) is 11.1 Å². The smallest absolute Gasteiger partial charge is 0.243 e. The van der Waals surface area contributed by atoms with E-state index < -0.39 is 24.1 Å². The molecule has 1 aliphatic heterocycles. The first-order valence-electron chi connectivity index (χ1n) is 11.3. The largest absolute Gasteiger partial charge is 0.391 e. The van der Waals surface area contributed by atoms with Crippen LogP contribution in [0, 0.1) is 19.8 Å². The van der Waals surface area contributed by atoms with E-state index in [1.165, 1.54) is 11.8 Å². The number of aliphatic hydroxyl groups is 1. The predicted octanol–water partition coefficient (Wildman–Crippen LogP) is 2.83. The van der Waals surface area contributed by atoms with Crippen molar-refractivity contribution in [1.82, 2.24) is 15.4 Å². The third-order valence-corrected chi connectivity index (χ3v) is 6.04. The number of aryl methyl sites for hydroxylation is 2. The number of nitrogens with one attached hydrogen (secondary N) is 1. The van der Waals surface area contributed by atoms with Crippen LogP contribution in [0.2, 0.25) is 0 Å². The van der Waals surface area contributed by atoms with Gasteiger partial charge in [-0.2, -0.15) is 0 Å². The molecule has 33 heavy (non-hydrogen) atoms. The van der Waals surface area contributed by atoms with Gasteiger partial charge in [-0.15, -0.1) is 0 Å². The maximum Gasteiger partial charge on any atom is 0.243 e. The van der Waals surface area contributed by atoms with Crippen LogP contribution in [0.4, 0.5) is 0 Å². The Labute approximate surface area is 194 Å². The topological polar surface area (TPSA) is 113 Å². The number of benzene rings is 1. The minimum atomic E-state index is -0.835. The SMILES string of the molecule is CC(=O)C[C@H](NC(=O)[C@@H]1C[C@@H](O)CN1C(=O)[C@@H](c1cc(C)no1)C(C)C)c1ccc(C)cc1. The lowest BCUT2D eigenvalue weighted by atomic mass is 9.91. The fraction of sp³-hybridized carbons (Fsp3) is 0.520. The van der Waals surface area contributed by atoms with Crippen molar-refractivity contribution < 1.29 is 24.0 Å². The standard InChI is InChI=1S/C25H33N3O5/c1-14(2)23(22-10-16(4)27-33-22)25(32)28-13-19(30)12-21(28)24(31)26-20(11-17(5)29)18-8-6-15(3)7-9-18/h6-10,14,19-21,23,30H,11-13H2,1-5H3,(H,26,31)/t19-,20+,21+,23-/m1/s1. The van der Waals surface area contributed by atoms with Crippen LogP contribution >= 0.6 is 0 Å². The molecule has 3 rings (SSSR count). The highest BCUT2D eigenvalue weighted by atomic mass is 16.5. The predicted molar refractivity (Wildman–Crippen MR) is 122 cm³/mol. The molecule has 4 atom stereocenters. The second-order valence-electron chi connectivity index (χ2n) is 9.37. The number of likely N-dealkylation sites (tertiary alicyclic amines) is 1. The van der Waals surface area contributed by atoms with Gasteiger partial charge in [0.1, 0.15) is 23.5 Å². The molecule has 1 aromatic carbocycles. The average Bonchev–Trinajstić information content (AvgIpc) is 3.33. The second-order valence-corrected chi connectivity index (χ2v) is 9.37. The zero-order valence-corrected chi connectivity index (χ0v) is 19.9. The van der Waals surface area contributed by atoms with E-state index in [2.05, 4.69) is 10.5 Å². The van der Waals surface area contributed by atoms with Crippen molar-refractivity contribution in [3.05, 3.63) is 52.9 Å². The molecule has 2 amide bonds. The van der Waals surface area contributed by atoms with Crippen LogP contribution in [-0.4, -0.2) is 51.5 Å². The quantitative estimate of drug-likeness (QED) is 0.633. The third kappa shape index (κ3) is 5.87. The van der Waals surface area contributed by atoms with Crippen molar-refractivity contribution in [3.8, 4) is 0 Å². The summed E-state index contributed by atoms with van der Waals surface area (Å²) in [5, 5.41) is 17.2. The number of rotatable bonds is 8. The molecule has 1 aliphatic rings. The van der Waals surface area contributed by atoms with Gasteiger partial charge in [-0.3, -0.25) is 14.4 Å². The molecular formula is C25H33N3O5. The zero-order valence-electron chi connectivity index (χ0n) is 19.9. The molecule has 0 unspecified atom stereocenters. The summed E-state index contributed by atoms with van der Waals surface area (Å²) in [6, 6.07) is 8.01. The molecule has 0 bridgehead atoms. The Balaban J connectivity index is 1.83. The minimum absolute atomic E-state index is 0.0548. The number of carbonyl (C=O) groups is 3. The van der Waals surface area contributed by atoms with E-state index in [9.17, 15) is 19.5 Å². The van der Waals surface area contributed by atoms with E-state index in [1.807, 2.05) is 45.0 Å². The lowest BCUT2D eigenvalue weighted by molar-refractivity contribution is -0.141. The van der Waals surface area contributed by atoms with Gasteiger partial charge in [0.2, 0.25) is 11.8 Å². The summed E-state index contributed by atoms with van der Waals surface area (Å²) in [4.78, 5) is 40.1. The number of carbonyl (C=O) groups excluding carboxylic acids is 3. The molecular weight excluding hydrogens is 422 g/mol. The zero-order chi connectivity index (χ0) is 24.3. The number of hydrogen-bond acceptors (Lipinski definition) is 6. The highest BCUT2D eigenvalue weighted by Gasteiger charge is 2.43.